The van der Waals surface area contributed by atoms with Crippen LogP contribution in [0, 0.1) is 0 Å². The SMILES string of the molecule is CCCC(=O)CCCC(=O)C(O)c1ccc(-c2noc(-c3onc(-c4ccccc4)c3C(F)(F)F)n2)cc1. The fourth-order valence-electron chi connectivity index (χ4n) is 3.93. The lowest BCUT2D eigenvalue weighted by Crippen LogP contribution is -2.12. The number of benzene rings is 2. The lowest BCUT2D eigenvalue weighted by atomic mass is 9.99. The molecule has 0 radical (unpaired) electrons. The summed E-state index contributed by atoms with van der Waals surface area (Å²) in [6.45, 7) is 1.90. The van der Waals surface area contributed by atoms with Gasteiger partial charge in [-0.25, -0.2) is 0 Å². The van der Waals surface area contributed by atoms with Crippen molar-refractivity contribution in [3.8, 4) is 34.3 Å². The van der Waals surface area contributed by atoms with Crippen LogP contribution in [0.5, 0.6) is 0 Å². The molecular formula is C27H24F3N3O5. The Morgan fingerprint density at radius 1 is 0.921 bits per heavy atom. The van der Waals surface area contributed by atoms with Crippen LogP contribution in [0.15, 0.2) is 63.6 Å². The average Bonchev–Trinajstić information content (AvgIpc) is 3.57. The zero-order valence-corrected chi connectivity index (χ0v) is 20.4. The Balaban J connectivity index is 1.50. The molecule has 1 atom stereocenters. The first-order chi connectivity index (χ1) is 18.2. The van der Waals surface area contributed by atoms with Crippen molar-refractivity contribution in [1.29, 1.82) is 0 Å². The molecule has 8 nitrogen and oxygen atoms in total. The normalized spacial score (nSPS) is 12.4. The van der Waals surface area contributed by atoms with Gasteiger partial charge in [-0.3, -0.25) is 9.59 Å². The van der Waals surface area contributed by atoms with Crippen molar-refractivity contribution in [1.82, 2.24) is 15.3 Å². The van der Waals surface area contributed by atoms with Gasteiger partial charge in [-0.15, -0.1) is 0 Å². The van der Waals surface area contributed by atoms with Crippen LogP contribution < -0.4 is 0 Å². The Bertz CT molecular complexity index is 1400. The Morgan fingerprint density at radius 3 is 2.29 bits per heavy atom. The summed E-state index contributed by atoms with van der Waals surface area (Å²) >= 11 is 0. The predicted octanol–water partition coefficient (Wildman–Crippen LogP) is 6.22. The number of carbonyl (C=O) groups excluding carboxylic acids is 2. The largest absolute Gasteiger partial charge is 0.422 e. The van der Waals surface area contributed by atoms with Gasteiger partial charge in [0.1, 0.15) is 23.1 Å². The number of halogens is 3. The molecule has 0 aliphatic heterocycles. The van der Waals surface area contributed by atoms with Crippen LogP contribution in [0.2, 0.25) is 0 Å². The Hall–Kier alpha value is -4.12. The van der Waals surface area contributed by atoms with E-state index in [0.717, 1.165) is 6.42 Å². The van der Waals surface area contributed by atoms with Gasteiger partial charge in [-0.05, 0) is 18.4 Å². The summed E-state index contributed by atoms with van der Waals surface area (Å²) < 4.78 is 51.8. The Labute approximate surface area is 215 Å². The second kappa shape index (κ2) is 11.5. The minimum Gasteiger partial charge on any atom is -0.381 e. The highest BCUT2D eigenvalue weighted by Crippen LogP contribution is 2.43. The van der Waals surface area contributed by atoms with Crippen molar-refractivity contribution in [3.05, 3.63) is 65.7 Å². The van der Waals surface area contributed by atoms with E-state index in [0.29, 0.717) is 30.4 Å². The summed E-state index contributed by atoms with van der Waals surface area (Å²) in [7, 11) is 0. The molecule has 1 N–H and O–H groups in total. The maximum absolute atomic E-state index is 13.9. The van der Waals surface area contributed by atoms with Crippen LogP contribution in [-0.4, -0.2) is 32.0 Å². The second-order valence-corrected chi connectivity index (χ2v) is 8.66. The van der Waals surface area contributed by atoms with E-state index in [-0.39, 0.29) is 23.6 Å². The number of alkyl halides is 3. The van der Waals surface area contributed by atoms with Crippen molar-refractivity contribution in [3.63, 3.8) is 0 Å². The van der Waals surface area contributed by atoms with Crippen LogP contribution >= 0.6 is 0 Å². The van der Waals surface area contributed by atoms with E-state index in [2.05, 4.69) is 15.3 Å². The minimum absolute atomic E-state index is 0.0208. The fourth-order valence-corrected chi connectivity index (χ4v) is 3.93. The molecule has 2 aromatic carbocycles. The molecule has 0 aliphatic rings. The molecular weight excluding hydrogens is 503 g/mol. The zero-order chi connectivity index (χ0) is 27.3. The molecule has 0 fully saturated rings. The van der Waals surface area contributed by atoms with Gasteiger partial charge in [0.15, 0.2) is 5.78 Å². The standard InChI is InChI=1S/C27H24F3N3O5/c1-2-7-19(34)10-6-11-20(35)23(36)17-12-14-18(15-13-17)25-31-26(38-33-25)24-21(27(28,29)30)22(32-37-24)16-8-4-3-5-9-16/h3-5,8-9,12-15,23,36H,2,6-7,10-11H2,1H3. The molecule has 4 aromatic rings. The number of rotatable bonds is 11. The van der Waals surface area contributed by atoms with Crippen molar-refractivity contribution in [2.45, 2.75) is 51.3 Å². The molecule has 1 unspecified atom stereocenters. The highest BCUT2D eigenvalue weighted by Gasteiger charge is 2.43. The third-order valence-electron chi connectivity index (χ3n) is 5.84. The van der Waals surface area contributed by atoms with Crippen LogP contribution in [0.1, 0.15) is 56.3 Å². The van der Waals surface area contributed by atoms with E-state index in [4.69, 9.17) is 9.05 Å². The maximum atomic E-state index is 13.9. The Kier molecular flexibility index (Phi) is 8.16. The zero-order valence-electron chi connectivity index (χ0n) is 20.4. The summed E-state index contributed by atoms with van der Waals surface area (Å²) in [4.78, 5) is 28.0. The van der Waals surface area contributed by atoms with Gasteiger partial charge < -0.3 is 14.2 Å². The number of carbonyl (C=O) groups is 2. The minimum atomic E-state index is -4.80. The van der Waals surface area contributed by atoms with E-state index in [1.54, 1.807) is 18.2 Å². The summed E-state index contributed by atoms with van der Waals surface area (Å²) in [6, 6.07) is 13.8. The Morgan fingerprint density at radius 2 is 1.63 bits per heavy atom. The van der Waals surface area contributed by atoms with Gasteiger partial charge in [0.25, 0.3) is 5.89 Å². The topological polar surface area (TPSA) is 119 Å². The lowest BCUT2D eigenvalue weighted by molar-refractivity contribution is -0.137. The van der Waals surface area contributed by atoms with Gasteiger partial charge in [0.2, 0.25) is 11.6 Å². The van der Waals surface area contributed by atoms with Gasteiger partial charge in [0.05, 0.1) is 0 Å². The number of ketones is 2. The third-order valence-corrected chi connectivity index (χ3v) is 5.84. The van der Waals surface area contributed by atoms with Gasteiger partial charge in [-0.2, -0.15) is 18.2 Å². The first-order valence-electron chi connectivity index (χ1n) is 12.0. The molecule has 198 valence electrons. The van der Waals surface area contributed by atoms with E-state index in [1.807, 2.05) is 6.92 Å². The van der Waals surface area contributed by atoms with E-state index in [1.165, 1.54) is 36.4 Å². The highest BCUT2D eigenvalue weighted by atomic mass is 19.4. The molecule has 0 aliphatic carbocycles. The molecule has 0 saturated heterocycles. The molecule has 4 rings (SSSR count). The van der Waals surface area contributed by atoms with Gasteiger partial charge in [0, 0.05) is 30.4 Å². The van der Waals surface area contributed by atoms with E-state index in [9.17, 15) is 27.9 Å². The monoisotopic (exact) mass is 527 g/mol. The molecule has 2 heterocycles. The molecule has 38 heavy (non-hydrogen) atoms. The first-order valence-corrected chi connectivity index (χ1v) is 12.0. The number of Topliss-reactive ketones (excluding diaryl/α,β-unsaturated/α-hetero) is 2. The van der Waals surface area contributed by atoms with Crippen molar-refractivity contribution in [2.24, 2.45) is 0 Å². The van der Waals surface area contributed by atoms with Crippen molar-refractivity contribution in [2.75, 3.05) is 0 Å². The van der Waals surface area contributed by atoms with Crippen LogP contribution in [0.4, 0.5) is 13.2 Å². The average molecular weight is 527 g/mol. The molecule has 0 bridgehead atoms. The lowest BCUT2D eigenvalue weighted by Gasteiger charge is -2.10. The molecule has 0 amide bonds. The second-order valence-electron chi connectivity index (χ2n) is 8.66. The summed E-state index contributed by atoms with van der Waals surface area (Å²) in [5.74, 6) is -1.55. The maximum Gasteiger partial charge on any atom is 0.422 e. The fraction of sp³-hybridized carbons (Fsp3) is 0.296. The highest BCUT2D eigenvalue weighted by molar-refractivity contribution is 5.85. The van der Waals surface area contributed by atoms with E-state index < -0.39 is 41.0 Å². The number of nitrogens with zero attached hydrogens (tertiary/aromatic N) is 3. The van der Waals surface area contributed by atoms with Crippen LogP contribution in [-0.2, 0) is 15.8 Å². The van der Waals surface area contributed by atoms with Crippen molar-refractivity contribution >= 4 is 11.6 Å². The molecule has 11 heteroatoms. The van der Waals surface area contributed by atoms with E-state index >= 15 is 0 Å². The predicted molar refractivity (Wildman–Crippen MR) is 129 cm³/mol. The van der Waals surface area contributed by atoms with Gasteiger partial charge >= 0.3 is 6.18 Å². The van der Waals surface area contributed by atoms with Gasteiger partial charge in [-0.1, -0.05) is 71.8 Å². The number of hydrogen-bond donors (Lipinski definition) is 1. The third kappa shape index (κ3) is 6.05. The molecule has 2 aromatic heterocycles. The van der Waals surface area contributed by atoms with Crippen molar-refractivity contribution < 1.29 is 36.9 Å². The molecule has 0 spiro atoms. The smallest absolute Gasteiger partial charge is 0.381 e. The summed E-state index contributed by atoms with van der Waals surface area (Å²) in [5, 5.41) is 17.7. The quantitative estimate of drug-likeness (QED) is 0.244. The first kappa shape index (κ1) is 26.9. The summed E-state index contributed by atoms with van der Waals surface area (Å²) in [6.07, 6.45) is -4.23. The number of aliphatic hydroxyl groups is 1. The number of hydrogen-bond acceptors (Lipinski definition) is 8. The number of aromatic nitrogens is 3. The molecule has 0 saturated carbocycles. The van der Waals surface area contributed by atoms with Crippen LogP contribution in [0.3, 0.4) is 0 Å². The van der Waals surface area contributed by atoms with Crippen LogP contribution in [0.25, 0.3) is 34.3 Å². The number of aliphatic hydroxyl groups excluding tert-OH is 1. The summed E-state index contributed by atoms with van der Waals surface area (Å²) in [5.41, 5.74) is -0.613.